The van der Waals surface area contributed by atoms with E-state index in [-0.39, 0.29) is 6.07 Å². The summed E-state index contributed by atoms with van der Waals surface area (Å²) in [7, 11) is 0. The molecule has 2 N–H and O–H groups in total. The normalized spacial score (nSPS) is 11.4. The van der Waals surface area contributed by atoms with E-state index < -0.39 is 28.2 Å². The third-order valence-electron chi connectivity index (χ3n) is 1.39. The molecule has 0 saturated heterocycles. The molecular formula is C6H4F3N2O3+. The molecule has 1 rings (SSSR count). The standard InChI is InChI=1S/C6H3F3N2O3/c7-6(8,9)4-1-3(11(13)14)2-10-5(4)12/h1-2H,(H,10,12)/p+1. The lowest BCUT2D eigenvalue weighted by molar-refractivity contribution is -0.385. The summed E-state index contributed by atoms with van der Waals surface area (Å²) in [5.41, 5.74) is -2.19. The fourth-order valence-corrected chi connectivity index (χ4v) is 0.770. The minimum absolute atomic E-state index is 0.287. The Bertz CT molecular complexity index is 377. The molecule has 8 heteroatoms. The molecule has 1 aromatic heterocycles. The van der Waals surface area contributed by atoms with Gasteiger partial charge in [0.1, 0.15) is 6.20 Å². The number of nitrogens with zero attached hydrogens (tertiary/aromatic N) is 2. The topological polar surface area (TPSA) is 78.9 Å². The summed E-state index contributed by atoms with van der Waals surface area (Å²) >= 11 is 0. The fourth-order valence-electron chi connectivity index (χ4n) is 0.770. The zero-order valence-corrected chi connectivity index (χ0v) is 6.50. The lowest BCUT2D eigenvalue weighted by Crippen LogP contribution is -2.07. The predicted octanol–water partition coefficient (Wildman–Crippen LogP) is 1.45. The summed E-state index contributed by atoms with van der Waals surface area (Å²) in [6.07, 6.45) is -4.19. The highest BCUT2D eigenvalue weighted by atomic mass is 19.4. The molecule has 0 aromatic carbocycles. The second kappa shape index (κ2) is 3.13. The van der Waals surface area contributed by atoms with Crippen LogP contribution in [0.4, 0.5) is 18.9 Å². The average molecular weight is 209 g/mol. The van der Waals surface area contributed by atoms with Gasteiger partial charge in [-0.3, -0.25) is 10.1 Å². The van der Waals surface area contributed by atoms with Crippen molar-refractivity contribution in [3.63, 3.8) is 0 Å². The van der Waals surface area contributed by atoms with Crippen LogP contribution in [0.2, 0.25) is 0 Å². The van der Waals surface area contributed by atoms with Crippen molar-refractivity contribution in [2.24, 2.45) is 0 Å². The van der Waals surface area contributed by atoms with Gasteiger partial charge in [0.05, 0.1) is 4.92 Å². The Morgan fingerprint density at radius 2 is 2.07 bits per heavy atom. The molecule has 1 heterocycles. The van der Waals surface area contributed by atoms with Gasteiger partial charge in [-0.2, -0.15) is 18.2 Å². The van der Waals surface area contributed by atoms with Crippen LogP contribution in [0.1, 0.15) is 5.56 Å². The first-order valence-corrected chi connectivity index (χ1v) is 3.25. The fraction of sp³-hybridized carbons (Fsp3) is 0.167. The molecule has 0 unspecified atom stereocenters. The van der Waals surface area contributed by atoms with E-state index in [2.05, 4.69) is 4.98 Å². The molecule has 5 nitrogen and oxygen atoms in total. The third-order valence-corrected chi connectivity index (χ3v) is 1.39. The van der Waals surface area contributed by atoms with Gasteiger partial charge in [0.15, 0.2) is 5.56 Å². The quantitative estimate of drug-likeness (QED) is 0.398. The average Bonchev–Trinajstić information content (AvgIpc) is 2.02. The third kappa shape index (κ3) is 1.90. The van der Waals surface area contributed by atoms with Crippen molar-refractivity contribution >= 4 is 5.69 Å². The lowest BCUT2D eigenvalue weighted by atomic mass is 10.2. The maximum absolute atomic E-state index is 12.1. The van der Waals surface area contributed by atoms with Crippen LogP contribution in [-0.2, 0) is 6.18 Å². The monoisotopic (exact) mass is 209 g/mol. The lowest BCUT2D eigenvalue weighted by Gasteiger charge is -2.04. The molecule has 0 amide bonds. The maximum Gasteiger partial charge on any atom is 0.427 e. The number of rotatable bonds is 1. The molecule has 0 aliphatic carbocycles. The van der Waals surface area contributed by atoms with Crippen molar-refractivity contribution in [3.8, 4) is 5.88 Å². The van der Waals surface area contributed by atoms with Crippen LogP contribution in [0.3, 0.4) is 0 Å². The summed E-state index contributed by atoms with van der Waals surface area (Å²) in [5, 5.41) is 16.9. The number of nitro groups is 1. The van der Waals surface area contributed by atoms with E-state index in [0.29, 0.717) is 6.20 Å². The molecule has 14 heavy (non-hydrogen) atoms. The second-order valence-electron chi connectivity index (χ2n) is 2.34. The zero-order chi connectivity index (χ0) is 10.9. The van der Waals surface area contributed by atoms with Gasteiger partial charge in [-0.05, 0) is 0 Å². The molecule has 1 aromatic rings. The minimum Gasteiger partial charge on any atom is -0.578 e. The molecule has 0 bridgehead atoms. The Labute approximate surface area is 75.0 Å². The first-order valence-electron chi connectivity index (χ1n) is 3.25. The first-order chi connectivity index (χ1) is 6.32. The van der Waals surface area contributed by atoms with Crippen LogP contribution < -0.4 is 0 Å². The summed E-state index contributed by atoms with van der Waals surface area (Å²) in [6.45, 7) is 0. The van der Waals surface area contributed by atoms with Crippen LogP contribution in [-0.4, -0.2) is 15.0 Å². The Kier molecular flexibility index (Phi) is 2.28. The van der Waals surface area contributed by atoms with E-state index >= 15 is 0 Å². The van der Waals surface area contributed by atoms with Crippen molar-refractivity contribution in [1.29, 1.82) is 0 Å². The predicted molar refractivity (Wildman–Crippen MR) is 39.0 cm³/mol. The van der Waals surface area contributed by atoms with Gasteiger partial charge in [-0.1, -0.05) is 0 Å². The van der Waals surface area contributed by atoms with Gasteiger partial charge in [0.2, 0.25) is 0 Å². The largest absolute Gasteiger partial charge is 0.578 e. The van der Waals surface area contributed by atoms with Gasteiger partial charge in [0, 0.05) is 6.07 Å². The molecule has 76 valence electrons. The Morgan fingerprint density at radius 3 is 2.50 bits per heavy atom. The molecule has 0 spiro atoms. The van der Waals surface area contributed by atoms with Gasteiger partial charge in [-0.25, -0.2) is 0 Å². The summed E-state index contributed by atoms with van der Waals surface area (Å²) in [6, 6.07) is 0.287. The van der Waals surface area contributed by atoms with Gasteiger partial charge >= 0.3 is 12.1 Å². The zero-order valence-electron chi connectivity index (χ0n) is 6.50. The highest BCUT2D eigenvalue weighted by Gasteiger charge is 2.38. The number of halogens is 3. The molecule has 0 saturated carbocycles. The van der Waals surface area contributed by atoms with E-state index in [1.165, 1.54) is 0 Å². The van der Waals surface area contributed by atoms with E-state index in [9.17, 15) is 23.3 Å². The van der Waals surface area contributed by atoms with E-state index in [1.807, 2.05) is 0 Å². The molecular weight excluding hydrogens is 205 g/mol. The van der Waals surface area contributed by atoms with Crippen LogP contribution in [0.25, 0.3) is 0 Å². The first kappa shape index (κ1) is 10.2. The number of hydrogen-bond donors (Lipinski definition) is 0. The van der Waals surface area contributed by atoms with Crippen LogP contribution in [0.5, 0.6) is 5.88 Å². The van der Waals surface area contributed by atoms with E-state index in [1.54, 1.807) is 0 Å². The van der Waals surface area contributed by atoms with Gasteiger partial charge in [0.25, 0.3) is 5.69 Å². The van der Waals surface area contributed by atoms with Crippen molar-refractivity contribution in [3.05, 3.63) is 27.9 Å². The van der Waals surface area contributed by atoms with E-state index in [4.69, 9.17) is 5.11 Å². The van der Waals surface area contributed by atoms with Gasteiger partial charge in [-0.15, -0.1) is 0 Å². The van der Waals surface area contributed by atoms with Crippen LogP contribution >= 0.6 is 0 Å². The number of pyridine rings is 1. The Morgan fingerprint density at radius 1 is 1.50 bits per heavy atom. The van der Waals surface area contributed by atoms with Crippen molar-refractivity contribution in [1.82, 2.24) is 4.98 Å². The second-order valence-corrected chi connectivity index (χ2v) is 2.34. The molecule has 0 aliphatic rings. The summed E-state index contributed by atoms with van der Waals surface area (Å²) in [4.78, 5) is 12.1. The number of alkyl halides is 3. The van der Waals surface area contributed by atoms with Crippen molar-refractivity contribution in [2.75, 3.05) is 0 Å². The Hall–Kier alpha value is -1.86. The molecule has 0 fully saturated rings. The molecule has 0 aliphatic heterocycles. The van der Waals surface area contributed by atoms with Crippen LogP contribution in [0.15, 0.2) is 12.3 Å². The molecule has 0 atom stereocenters. The number of aromatic nitrogens is 1. The summed E-state index contributed by atoms with van der Waals surface area (Å²) in [5.74, 6) is -1.02. The highest BCUT2D eigenvalue weighted by molar-refractivity contribution is 5.38. The smallest absolute Gasteiger partial charge is 0.427 e. The maximum atomic E-state index is 12.1. The Balaban J connectivity index is 3.29. The van der Waals surface area contributed by atoms with E-state index in [0.717, 1.165) is 0 Å². The summed E-state index contributed by atoms with van der Waals surface area (Å²) < 4.78 is 36.3. The molecule has 0 radical (unpaired) electrons. The minimum atomic E-state index is -4.80. The van der Waals surface area contributed by atoms with Crippen molar-refractivity contribution in [2.45, 2.75) is 6.18 Å². The number of hydrogen-bond acceptors (Lipinski definition) is 3. The van der Waals surface area contributed by atoms with Gasteiger partial charge < -0.3 is 5.11 Å². The van der Waals surface area contributed by atoms with Crippen LogP contribution in [0, 0.1) is 10.1 Å². The SMILES string of the molecule is O=[N+]([O-])c1cnc([OH2+])c(C(F)(F)F)c1. The van der Waals surface area contributed by atoms with Crippen molar-refractivity contribution < 1.29 is 23.2 Å². The highest BCUT2D eigenvalue weighted by Crippen LogP contribution is 2.35.